The molecule has 0 spiro atoms. The lowest BCUT2D eigenvalue weighted by molar-refractivity contribution is 0.438. The second-order valence-electron chi connectivity index (χ2n) is 7.40. The van der Waals surface area contributed by atoms with Crippen LogP contribution in [0.3, 0.4) is 0 Å². The minimum atomic E-state index is -0.783. The Morgan fingerprint density at radius 3 is 2.57 bits per heavy atom. The van der Waals surface area contributed by atoms with Gasteiger partial charge in [0.15, 0.2) is 6.19 Å². The van der Waals surface area contributed by atoms with E-state index in [0.717, 1.165) is 5.56 Å². The standard InChI is InChI=1S/C19H20N8O/c1-19(2,3)11-6-4-5-9(15(11)28)14-12-13(22)10(7-20)16(23)26-17(12)27-18(25-14)24-8-21/h4-6,14,28H,1-3H3,(H6,22,23,24,25,26,27). The van der Waals surface area contributed by atoms with Crippen LogP contribution in [0, 0.1) is 22.8 Å². The molecule has 0 amide bonds. The van der Waals surface area contributed by atoms with Crippen LogP contribution in [0.15, 0.2) is 23.2 Å². The first-order valence-electron chi connectivity index (χ1n) is 8.50. The second kappa shape index (κ2) is 6.63. The molecule has 1 aromatic carbocycles. The van der Waals surface area contributed by atoms with Crippen molar-refractivity contribution in [3.05, 3.63) is 40.5 Å². The van der Waals surface area contributed by atoms with Gasteiger partial charge in [-0.15, -0.1) is 0 Å². The number of aromatic hydroxyl groups is 1. The number of para-hydroxylation sites is 1. The maximum atomic E-state index is 11.0. The zero-order valence-corrected chi connectivity index (χ0v) is 15.7. The van der Waals surface area contributed by atoms with E-state index in [-0.39, 0.29) is 40.0 Å². The molecule has 0 fully saturated rings. The first kappa shape index (κ1) is 18.8. The Hall–Kier alpha value is -3.98. The molecule has 9 nitrogen and oxygen atoms in total. The van der Waals surface area contributed by atoms with E-state index in [4.69, 9.17) is 16.7 Å². The van der Waals surface area contributed by atoms with Crippen LogP contribution in [-0.4, -0.2) is 16.1 Å². The lowest BCUT2D eigenvalue weighted by atomic mass is 9.83. The molecule has 1 aliphatic rings. The van der Waals surface area contributed by atoms with E-state index < -0.39 is 6.04 Å². The second-order valence-corrected chi connectivity index (χ2v) is 7.40. The van der Waals surface area contributed by atoms with Gasteiger partial charge in [0.05, 0.1) is 5.69 Å². The summed E-state index contributed by atoms with van der Waals surface area (Å²) in [7, 11) is 0. The Morgan fingerprint density at radius 1 is 1.25 bits per heavy atom. The number of fused-ring (bicyclic) bond motifs is 1. The van der Waals surface area contributed by atoms with Gasteiger partial charge in [0, 0.05) is 11.1 Å². The van der Waals surface area contributed by atoms with Crippen LogP contribution < -0.4 is 22.1 Å². The van der Waals surface area contributed by atoms with Crippen LogP contribution in [0.2, 0.25) is 0 Å². The van der Waals surface area contributed by atoms with Gasteiger partial charge in [-0.2, -0.15) is 10.5 Å². The van der Waals surface area contributed by atoms with Gasteiger partial charge >= 0.3 is 0 Å². The van der Waals surface area contributed by atoms with Crippen molar-refractivity contribution >= 4 is 23.3 Å². The number of hydrogen-bond donors (Lipinski definition) is 5. The predicted molar refractivity (Wildman–Crippen MR) is 106 cm³/mol. The Kier molecular flexibility index (Phi) is 4.45. The van der Waals surface area contributed by atoms with Gasteiger partial charge in [0.2, 0.25) is 5.96 Å². The molecule has 3 rings (SSSR count). The van der Waals surface area contributed by atoms with E-state index in [1.807, 2.05) is 39.0 Å². The molecule has 1 aromatic heterocycles. The van der Waals surface area contributed by atoms with E-state index >= 15 is 0 Å². The number of phenols is 1. The molecule has 1 atom stereocenters. The van der Waals surface area contributed by atoms with Crippen LogP contribution in [0.25, 0.3) is 0 Å². The molecule has 1 unspecified atom stereocenters. The molecule has 142 valence electrons. The quantitative estimate of drug-likeness (QED) is 0.372. The summed E-state index contributed by atoms with van der Waals surface area (Å²) in [6.07, 6.45) is 1.79. The molecule has 0 aliphatic carbocycles. The van der Waals surface area contributed by atoms with Crippen molar-refractivity contribution in [3.8, 4) is 18.0 Å². The Bertz CT molecular complexity index is 1070. The monoisotopic (exact) mass is 376 g/mol. The summed E-state index contributed by atoms with van der Waals surface area (Å²) in [5.41, 5.74) is 13.6. The summed E-state index contributed by atoms with van der Waals surface area (Å²) >= 11 is 0. The van der Waals surface area contributed by atoms with Gasteiger partial charge in [-0.25, -0.2) is 9.98 Å². The minimum Gasteiger partial charge on any atom is -0.507 e. The predicted octanol–water partition coefficient (Wildman–Crippen LogP) is 2.06. The van der Waals surface area contributed by atoms with Crippen molar-refractivity contribution in [2.45, 2.75) is 32.2 Å². The summed E-state index contributed by atoms with van der Waals surface area (Å²) in [5.74, 6) is 0.447. The maximum absolute atomic E-state index is 11.0. The maximum Gasteiger partial charge on any atom is 0.211 e. The van der Waals surface area contributed by atoms with Crippen LogP contribution >= 0.6 is 0 Å². The number of anilines is 3. The molecular weight excluding hydrogens is 356 g/mol. The third-order valence-corrected chi connectivity index (χ3v) is 4.53. The number of phenolic OH excluding ortho intramolecular Hbond substituents is 1. The third-order valence-electron chi connectivity index (χ3n) is 4.53. The van der Waals surface area contributed by atoms with Gasteiger partial charge < -0.3 is 21.9 Å². The fourth-order valence-corrected chi connectivity index (χ4v) is 3.19. The van der Waals surface area contributed by atoms with Crippen molar-refractivity contribution < 1.29 is 5.11 Å². The van der Waals surface area contributed by atoms with Crippen molar-refractivity contribution in [2.24, 2.45) is 4.99 Å². The number of nitrogens with zero attached hydrogens (tertiary/aromatic N) is 4. The molecule has 0 saturated carbocycles. The number of rotatable bonds is 1. The molecule has 9 heteroatoms. The van der Waals surface area contributed by atoms with Gasteiger partial charge in [0.1, 0.15) is 35.1 Å². The number of guanidine groups is 1. The Labute approximate surface area is 162 Å². The summed E-state index contributed by atoms with van der Waals surface area (Å²) in [5, 5.41) is 34.6. The SMILES string of the molecule is CC(C)(C)c1cccc(C2N=C(NC#N)Nc3nc(N)c(C#N)c(N)c32)c1O. The molecule has 0 saturated heterocycles. The Morgan fingerprint density at radius 2 is 1.96 bits per heavy atom. The number of aliphatic imine (C=N–C) groups is 1. The zero-order valence-electron chi connectivity index (χ0n) is 15.7. The van der Waals surface area contributed by atoms with Gasteiger partial charge in [-0.1, -0.05) is 39.0 Å². The number of benzene rings is 1. The molecule has 0 bridgehead atoms. The van der Waals surface area contributed by atoms with Crippen LogP contribution in [0.1, 0.15) is 49.1 Å². The number of nitriles is 2. The number of hydrogen-bond acceptors (Lipinski definition) is 9. The lowest BCUT2D eigenvalue weighted by Gasteiger charge is -2.28. The highest BCUT2D eigenvalue weighted by molar-refractivity contribution is 5.98. The van der Waals surface area contributed by atoms with E-state index in [2.05, 4.69) is 20.6 Å². The van der Waals surface area contributed by atoms with Crippen molar-refractivity contribution in [3.63, 3.8) is 0 Å². The van der Waals surface area contributed by atoms with Gasteiger partial charge in [-0.3, -0.25) is 5.32 Å². The molecule has 1 aliphatic heterocycles. The molecule has 7 N–H and O–H groups in total. The van der Waals surface area contributed by atoms with Crippen molar-refractivity contribution in [2.75, 3.05) is 16.8 Å². The fraction of sp³-hybridized carbons (Fsp3) is 0.263. The third kappa shape index (κ3) is 2.99. The smallest absolute Gasteiger partial charge is 0.211 e. The van der Waals surface area contributed by atoms with Gasteiger partial charge in [0.25, 0.3) is 0 Å². The summed E-state index contributed by atoms with van der Waals surface area (Å²) in [4.78, 5) is 8.68. The number of nitrogen functional groups attached to an aromatic ring is 2. The molecule has 2 aromatic rings. The normalized spacial score (nSPS) is 15.5. The van der Waals surface area contributed by atoms with Crippen LogP contribution in [0.5, 0.6) is 5.75 Å². The van der Waals surface area contributed by atoms with E-state index in [9.17, 15) is 10.4 Å². The van der Waals surface area contributed by atoms with Crippen LogP contribution in [-0.2, 0) is 5.41 Å². The largest absolute Gasteiger partial charge is 0.507 e. The van der Waals surface area contributed by atoms with E-state index in [1.54, 1.807) is 12.3 Å². The highest BCUT2D eigenvalue weighted by Gasteiger charge is 2.32. The van der Waals surface area contributed by atoms with Crippen molar-refractivity contribution in [1.82, 2.24) is 10.3 Å². The number of aromatic nitrogens is 1. The lowest BCUT2D eigenvalue weighted by Crippen LogP contribution is -2.33. The van der Waals surface area contributed by atoms with Crippen LogP contribution in [0.4, 0.5) is 17.3 Å². The zero-order chi connectivity index (χ0) is 20.6. The summed E-state index contributed by atoms with van der Waals surface area (Å²) in [6, 6.07) is 6.55. The highest BCUT2D eigenvalue weighted by atomic mass is 16.3. The first-order chi connectivity index (χ1) is 13.2. The fourth-order valence-electron chi connectivity index (χ4n) is 3.19. The summed E-state index contributed by atoms with van der Waals surface area (Å²) < 4.78 is 0. The number of pyridine rings is 1. The number of nitrogens with two attached hydrogens (primary N) is 2. The van der Waals surface area contributed by atoms with Gasteiger partial charge in [-0.05, 0) is 11.0 Å². The average molecular weight is 376 g/mol. The molecular formula is C19H20N8O. The summed E-state index contributed by atoms with van der Waals surface area (Å²) in [6.45, 7) is 5.95. The van der Waals surface area contributed by atoms with E-state index in [1.165, 1.54) is 0 Å². The first-order valence-corrected chi connectivity index (χ1v) is 8.50. The molecule has 2 heterocycles. The minimum absolute atomic E-state index is 0.0316. The molecule has 28 heavy (non-hydrogen) atoms. The highest BCUT2D eigenvalue weighted by Crippen LogP contribution is 2.45. The van der Waals surface area contributed by atoms with Crippen molar-refractivity contribution in [1.29, 1.82) is 10.5 Å². The Balaban J connectivity index is 2.30. The van der Waals surface area contributed by atoms with E-state index in [0.29, 0.717) is 11.1 Å². The molecule has 0 radical (unpaired) electrons. The average Bonchev–Trinajstić information content (AvgIpc) is 2.60. The topological polar surface area (TPSA) is 169 Å². The number of nitrogens with one attached hydrogen (secondary N) is 2.